The van der Waals surface area contributed by atoms with Gasteiger partial charge in [0.05, 0.1) is 0 Å². The number of hydrogen-bond donors (Lipinski definition) is 0. The third-order valence-electron chi connectivity index (χ3n) is 1.17. The Morgan fingerprint density at radius 1 is 1.80 bits per heavy atom. The van der Waals surface area contributed by atoms with Gasteiger partial charge in [0.25, 0.3) is 0 Å². The molecule has 0 aromatic carbocycles. The molecule has 2 rings (SSSR count). The van der Waals surface area contributed by atoms with E-state index >= 15 is 0 Å². The van der Waals surface area contributed by atoms with Crippen molar-refractivity contribution in [3.05, 3.63) is 11.6 Å². The quantitative estimate of drug-likeness (QED) is 0.298. The van der Waals surface area contributed by atoms with Crippen molar-refractivity contribution in [2.45, 2.75) is 3.92 Å². The van der Waals surface area contributed by atoms with Crippen LogP contribution in [0, 0.1) is 5.92 Å². The number of allylic oxidation sites excluding steroid dienone is 2. The number of alkyl halides is 1. The van der Waals surface area contributed by atoms with Crippen LogP contribution >= 0.6 is 22.6 Å². The summed E-state index contributed by atoms with van der Waals surface area (Å²) in [5.41, 5.74) is 1.70. The average Bonchev–Trinajstić information content (AvgIpc) is 2.11. The van der Waals surface area contributed by atoms with Crippen molar-refractivity contribution < 1.29 is 0 Å². The van der Waals surface area contributed by atoms with E-state index in [2.05, 4.69) is 28.7 Å². The maximum absolute atomic E-state index is 2.46. The zero-order valence-corrected chi connectivity index (χ0v) is 4.77. The molecule has 2 atom stereocenters. The maximum atomic E-state index is 2.46. The van der Waals surface area contributed by atoms with Crippen LogP contribution in [-0.4, -0.2) is 3.92 Å². The molecule has 2 aliphatic rings. The molecule has 0 aliphatic heterocycles. The first-order chi connectivity index (χ1) is 2.39. The molecule has 0 heterocycles. The minimum Gasteiger partial charge on any atom is -0.0768 e. The number of rotatable bonds is 0. The molecule has 26 valence electrons. The van der Waals surface area contributed by atoms with Gasteiger partial charge in [-0.3, -0.25) is 0 Å². The third kappa shape index (κ3) is 0.175. The molecule has 0 spiro atoms. The molecule has 0 radical (unpaired) electrons. The Balaban J connectivity index is 2.42. The average molecular weight is 178 g/mol. The zero-order valence-electron chi connectivity index (χ0n) is 2.61. The SMILES string of the molecule is IC1C2=C[C@H]21. The van der Waals surface area contributed by atoms with Gasteiger partial charge >= 0.3 is 0 Å². The van der Waals surface area contributed by atoms with Gasteiger partial charge < -0.3 is 0 Å². The second-order valence-electron chi connectivity index (χ2n) is 1.59. The fourth-order valence-corrected chi connectivity index (χ4v) is 1.52. The first-order valence-corrected chi connectivity index (χ1v) is 3.00. The van der Waals surface area contributed by atoms with Crippen LogP contribution in [0.3, 0.4) is 0 Å². The van der Waals surface area contributed by atoms with E-state index in [-0.39, 0.29) is 0 Å². The van der Waals surface area contributed by atoms with Gasteiger partial charge in [-0.05, 0) is 0 Å². The first kappa shape index (κ1) is 2.61. The predicted octanol–water partition coefficient (Wildman–Crippen LogP) is 1.36. The van der Waals surface area contributed by atoms with Gasteiger partial charge in [-0.2, -0.15) is 0 Å². The van der Waals surface area contributed by atoms with E-state index in [4.69, 9.17) is 0 Å². The van der Waals surface area contributed by atoms with E-state index in [1.807, 2.05) is 0 Å². The molecule has 0 bridgehead atoms. The lowest BCUT2D eigenvalue weighted by Gasteiger charge is -1.70. The summed E-state index contributed by atoms with van der Waals surface area (Å²) < 4.78 is 0.979. The summed E-state index contributed by atoms with van der Waals surface area (Å²) in [6.45, 7) is 0. The minimum atomic E-state index is 0.979. The Hall–Kier alpha value is 0.470. The van der Waals surface area contributed by atoms with Crippen LogP contribution in [0.15, 0.2) is 11.6 Å². The van der Waals surface area contributed by atoms with Crippen LogP contribution in [0.4, 0.5) is 0 Å². The smallest absolute Gasteiger partial charge is 0.0425 e. The Labute approximate surface area is 44.4 Å². The summed E-state index contributed by atoms with van der Waals surface area (Å²) >= 11 is 2.46. The molecular formula is C4H3I. The van der Waals surface area contributed by atoms with Crippen LogP contribution in [0.1, 0.15) is 0 Å². The van der Waals surface area contributed by atoms with Crippen molar-refractivity contribution in [3.8, 4) is 0 Å². The summed E-state index contributed by atoms with van der Waals surface area (Å²) in [5.74, 6) is 0.996. The highest BCUT2D eigenvalue weighted by Gasteiger charge is 2.51. The number of hydrogen-bond acceptors (Lipinski definition) is 0. The molecule has 1 heteroatoms. The molecule has 0 N–H and O–H groups in total. The molecule has 2 aliphatic carbocycles. The molecule has 0 nitrogen and oxygen atoms in total. The van der Waals surface area contributed by atoms with E-state index in [0.29, 0.717) is 0 Å². The normalized spacial score (nSPS) is 54.2. The summed E-state index contributed by atoms with van der Waals surface area (Å²) in [5, 5.41) is 0. The zero-order chi connectivity index (χ0) is 3.44. The van der Waals surface area contributed by atoms with Gasteiger partial charge in [-0.15, -0.1) is 0 Å². The Morgan fingerprint density at radius 3 is 2.20 bits per heavy atom. The van der Waals surface area contributed by atoms with Crippen LogP contribution in [0.25, 0.3) is 0 Å². The third-order valence-corrected chi connectivity index (χ3v) is 2.67. The number of fused-ring (bicyclic) bond motifs is 1. The standard InChI is InChI=1S/C4H3I/c5-4-2-1-3(2)4/h1-2,4H/t2-,4?/m1/s1. The van der Waals surface area contributed by atoms with Gasteiger partial charge in [-0.1, -0.05) is 34.2 Å². The molecule has 0 saturated heterocycles. The summed E-state index contributed by atoms with van der Waals surface area (Å²) in [4.78, 5) is 0. The van der Waals surface area contributed by atoms with E-state index < -0.39 is 0 Å². The predicted molar refractivity (Wildman–Crippen MR) is 29.4 cm³/mol. The van der Waals surface area contributed by atoms with E-state index in [1.54, 1.807) is 5.57 Å². The van der Waals surface area contributed by atoms with Crippen molar-refractivity contribution in [2.75, 3.05) is 0 Å². The Bertz CT molecular complexity index is 104. The summed E-state index contributed by atoms with van der Waals surface area (Å²) in [7, 11) is 0. The highest BCUT2D eigenvalue weighted by atomic mass is 127. The van der Waals surface area contributed by atoms with E-state index in [9.17, 15) is 0 Å². The Kier molecular flexibility index (Phi) is 0.256. The van der Waals surface area contributed by atoms with Gasteiger partial charge in [0.2, 0.25) is 0 Å². The molecule has 1 unspecified atom stereocenters. The Morgan fingerprint density at radius 2 is 2.20 bits per heavy atom. The monoisotopic (exact) mass is 178 g/mol. The largest absolute Gasteiger partial charge is 0.0768 e. The van der Waals surface area contributed by atoms with Crippen molar-refractivity contribution in [3.63, 3.8) is 0 Å². The van der Waals surface area contributed by atoms with Crippen molar-refractivity contribution in [1.29, 1.82) is 0 Å². The summed E-state index contributed by atoms with van der Waals surface area (Å²) in [6.07, 6.45) is 2.32. The molecule has 0 aromatic rings. The van der Waals surface area contributed by atoms with Crippen LogP contribution in [0.2, 0.25) is 0 Å². The lowest BCUT2D eigenvalue weighted by atomic mass is 10.6. The van der Waals surface area contributed by atoms with Crippen molar-refractivity contribution in [1.82, 2.24) is 0 Å². The minimum absolute atomic E-state index is 0.979. The van der Waals surface area contributed by atoms with Crippen molar-refractivity contribution in [2.24, 2.45) is 5.92 Å². The molecular weight excluding hydrogens is 175 g/mol. The molecule has 0 amide bonds. The first-order valence-electron chi connectivity index (χ1n) is 1.75. The van der Waals surface area contributed by atoms with Crippen LogP contribution < -0.4 is 0 Å². The van der Waals surface area contributed by atoms with E-state index in [0.717, 1.165) is 9.84 Å². The lowest BCUT2D eigenvalue weighted by molar-refractivity contribution is 1.27. The molecule has 1 fully saturated rings. The highest BCUT2D eigenvalue weighted by Crippen LogP contribution is 2.59. The fourth-order valence-electron chi connectivity index (χ4n) is 0.485. The molecule has 5 heavy (non-hydrogen) atoms. The second kappa shape index (κ2) is 0.491. The molecule has 0 aromatic heterocycles. The van der Waals surface area contributed by atoms with Crippen molar-refractivity contribution >= 4 is 22.6 Å². The van der Waals surface area contributed by atoms with E-state index in [1.165, 1.54) is 0 Å². The van der Waals surface area contributed by atoms with Gasteiger partial charge in [-0.25, -0.2) is 0 Å². The van der Waals surface area contributed by atoms with Crippen LogP contribution in [-0.2, 0) is 0 Å². The summed E-state index contributed by atoms with van der Waals surface area (Å²) in [6, 6.07) is 0. The van der Waals surface area contributed by atoms with Gasteiger partial charge in [0.1, 0.15) is 0 Å². The fraction of sp³-hybridized carbons (Fsp3) is 0.500. The molecule has 1 saturated carbocycles. The lowest BCUT2D eigenvalue weighted by Crippen LogP contribution is -1.66. The topological polar surface area (TPSA) is 0 Å². The van der Waals surface area contributed by atoms with Gasteiger partial charge in [0, 0.05) is 9.84 Å². The maximum Gasteiger partial charge on any atom is 0.0425 e. The highest BCUT2D eigenvalue weighted by molar-refractivity contribution is 14.1. The number of halogens is 1. The van der Waals surface area contributed by atoms with Gasteiger partial charge in [0.15, 0.2) is 0 Å². The second-order valence-corrected chi connectivity index (χ2v) is 2.94. The van der Waals surface area contributed by atoms with Crippen LogP contribution in [0.5, 0.6) is 0 Å².